The van der Waals surface area contributed by atoms with Gasteiger partial charge >= 0.3 is 0 Å². The molecule has 0 saturated carbocycles. The van der Waals surface area contributed by atoms with Gasteiger partial charge in [-0.25, -0.2) is 10.8 Å². The summed E-state index contributed by atoms with van der Waals surface area (Å²) in [5.41, 5.74) is 2.92. The number of nitrogens with zero attached hydrogens (tertiary/aromatic N) is 2. The molecule has 18 heavy (non-hydrogen) atoms. The van der Waals surface area contributed by atoms with Crippen LogP contribution >= 0.6 is 0 Å². The van der Waals surface area contributed by atoms with E-state index in [1.807, 2.05) is 56.4 Å². The molecule has 4 nitrogen and oxygen atoms in total. The zero-order chi connectivity index (χ0) is 13.0. The maximum Gasteiger partial charge on any atom is 0.213 e. The van der Waals surface area contributed by atoms with Gasteiger partial charge in [0.25, 0.3) is 0 Å². The zero-order valence-corrected chi connectivity index (χ0v) is 10.6. The quantitative estimate of drug-likeness (QED) is 0.661. The first-order valence-electron chi connectivity index (χ1n) is 5.79. The van der Waals surface area contributed by atoms with Crippen molar-refractivity contribution in [3.05, 3.63) is 53.7 Å². The third kappa shape index (κ3) is 2.99. The number of pyridine rings is 1. The summed E-state index contributed by atoms with van der Waals surface area (Å²) in [5, 5.41) is 1.59. The number of aromatic nitrogens is 1. The van der Waals surface area contributed by atoms with E-state index in [1.54, 1.807) is 5.01 Å². The normalized spacial score (nSPS) is 10.2. The molecule has 0 spiro atoms. The van der Waals surface area contributed by atoms with Crippen molar-refractivity contribution in [3.63, 3.8) is 0 Å². The van der Waals surface area contributed by atoms with E-state index in [4.69, 9.17) is 10.6 Å². The van der Waals surface area contributed by atoms with Crippen LogP contribution in [0, 0.1) is 6.92 Å². The highest BCUT2D eigenvalue weighted by atomic mass is 16.5. The predicted molar refractivity (Wildman–Crippen MR) is 72.3 cm³/mol. The van der Waals surface area contributed by atoms with Crippen LogP contribution in [0.3, 0.4) is 0 Å². The van der Waals surface area contributed by atoms with E-state index in [-0.39, 0.29) is 0 Å². The molecule has 0 radical (unpaired) electrons. The van der Waals surface area contributed by atoms with Gasteiger partial charge in [-0.05, 0) is 19.1 Å². The van der Waals surface area contributed by atoms with Crippen molar-refractivity contribution in [2.45, 2.75) is 13.5 Å². The lowest BCUT2D eigenvalue weighted by molar-refractivity contribution is 0.293. The van der Waals surface area contributed by atoms with Gasteiger partial charge in [0.05, 0.1) is 5.69 Å². The molecule has 2 rings (SSSR count). The predicted octanol–water partition coefficient (Wildman–Crippen LogP) is 2.28. The molecule has 1 aromatic carbocycles. The summed E-state index contributed by atoms with van der Waals surface area (Å²) in [5.74, 6) is 6.40. The second-order valence-corrected chi connectivity index (χ2v) is 4.15. The molecule has 94 valence electrons. The molecule has 1 heterocycles. The first-order chi connectivity index (χ1) is 8.66. The molecule has 0 unspecified atom stereocenters. The van der Waals surface area contributed by atoms with E-state index in [0.29, 0.717) is 12.5 Å². The van der Waals surface area contributed by atoms with E-state index < -0.39 is 0 Å². The zero-order valence-electron chi connectivity index (χ0n) is 10.6. The minimum atomic E-state index is 0.453. The van der Waals surface area contributed by atoms with E-state index in [2.05, 4.69) is 4.98 Å². The van der Waals surface area contributed by atoms with Crippen LogP contribution in [-0.2, 0) is 6.61 Å². The standard InChI is InChI=1S/C14H17N3O/c1-11-6-5-9-14(16-11)18-10-12-7-3-4-8-13(12)17(2)15/h3-9H,10,15H2,1-2H3. The fourth-order valence-corrected chi connectivity index (χ4v) is 1.73. The smallest absolute Gasteiger partial charge is 0.213 e. The van der Waals surface area contributed by atoms with Gasteiger partial charge in [0.1, 0.15) is 6.61 Å². The second-order valence-electron chi connectivity index (χ2n) is 4.15. The highest BCUT2D eigenvalue weighted by Gasteiger charge is 2.05. The Bertz CT molecular complexity index is 526. The van der Waals surface area contributed by atoms with Gasteiger partial charge in [-0.2, -0.15) is 0 Å². The summed E-state index contributed by atoms with van der Waals surface area (Å²) in [7, 11) is 1.81. The lowest BCUT2D eigenvalue weighted by atomic mass is 10.2. The average molecular weight is 243 g/mol. The number of anilines is 1. The van der Waals surface area contributed by atoms with Crippen molar-refractivity contribution in [3.8, 4) is 5.88 Å². The van der Waals surface area contributed by atoms with E-state index >= 15 is 0 Å². The fraction of sp³-hybridized carbons (Fsp3) is 0.214. The van der Waals surface area contributed by atoms with E-state index in [1.165, 1.54) is 0 Å². The first-order valence-corrected chi connectivity index (χ1v) is 5.79. The van der Waals surface area contributed by atoms with Crippen molar-refractivity contribution in [1.82, 2.24) is 4.98 Å². The number of rotatable bonds is 4. The largest absolute Gasteiger partial charge is 0.473 e. The van der Waals surface area contributed by atoms with Crippen LogP contribution in [0.4, 0.5) is 5.69 Å². The highest BCUT2D eigenvalue weighted by Crippen LogP contribution is 2.19. The number of aryl methyl sites for hydroxylation is 1. The Morgan fingerprint density at radius 1 is 1.17 bits per heavy atom. The van der Waals surface area contributed by atoms with E-state index in [0.717, 1.165) is 16.9 Å². The van der Waals surface area contributed by atoms with Crippen LogP contribution in [0.15, 0.2) is 42.5 Å². The fourth-order valence-electron chi connectivity index (χ4n) is 1.73. The molecule has 4 heteroatoms. The minimum Gasteiger partial charge on any atom is -0.473 e. The summed E-state index contributed by atoms with van der Waals surface area (Å²) in [6.45, 7) is 2.39. The van der Waals surface area contributed by atoms with Crippen molar-refractivity contribution in [1.29, 1.82) is 0 Å². The Morgan fingerprint density at radius 3 is 2.67 bits per heavy atom. The van der Waals surface area contributed by atoms with Crippen molar-refractivity contribution in [2.24, 2.45) is 5.84 Å². The molecule has 0 atom stereocenters. The molecule has 0 saturated heterocycles. The minimum absolute atomic E-state index is 0.453. The topological polar surface area (TPSA) is 51.4 Å². The number of ether oxygens (including phenoxy) is 1. The van der Waals surface area contributed by atoms with Crippen molar-refractivity contribution < 1.29 is 4.74 Å². The van der Waals surface area contributed by atoms with E-state index in [9.17, 15) is 0 Å². The van der Waals surface area contributed by atoms with Crippen molar-refractivity contribution >= 4 is 5.69 Å². The van der Waals surface area contributed by atoms with Crippen LogP contribution in [0.5, 0.6) is 5.88 Å². The lowest BCUT2D eigenvalue weighted by Gasteiger charge is -2.16. The maximum absolute atomic E-state index is 5.77. The molecule has 0 aliphatic carbocycles. The number of nitrogens with two attached hydrogens (primary N) is 1. The van der Waals surface area contributed by atoms with Crippen LogP contribution < -0.4 is 15.6 Å². The van der Waals surface area contributed by atoms with Crippen LogP contribution in [-0.4, -0.2) is 12.0 Å². The number of hydrazine groups is 1. The van der Waals surface area contributed by atoms with Crippen LogP contribution in [0.2, 0.25) is 0 Å². The molecule has 2 N–H and O–H groups in total. The van der Waals surface area contributed by atoms with Crippen molar-refractivity contribution in [2.75, 3.05) is 12.1 Å². The number of benzene rings is 1. The Hall–Kier alpha value is -2.07. The Balaban J connectivity index is 2.11. The molecule has 2 aromatic rings. The molecular weight excluding hydrogens is 226 g/mol. The SMILES string of the molecule is Cc1cccc(OCc2ccccc2N(C)N)n1. The summed E-state index contributed by atoms with van der Waals surface area (Å²) in [6, 6.07) is 13.6. The van der Waals surface area contributed by atoms with Crippen LogP contribution in [0.25, 0.3) is 0 Å². The average Bonchev–Trinajstić information content (AvgIpc) is 2.37. The molecule has 0 aliphatic rings. The molecule has 0 amide bonds. The monoisotopic (exact) mass is 243 g/mol. The summed E-state index contributed by atoms with van der Waals surface area (Å²) in [6.07, 6.45) is 0. The summed E-state index contributed by atoms with van der Waals surface area (Å²) < 4.78 is 5.67. The molecule has 0 aliphatic heterocycles. The van der Waals surface area contributed by atoms with Gasteiger partial charge in [0.2, 0.25) is 5.88 Å². The van der Waals surface area contributed by atoms with Gasteiger partial charge in [-0.15, -0.1) is 0 Å². The number of hydrogen-bond donors (Lipinski definition) is 1. The van der Waals surface area contributed by atoms with Crippen LogP contribution in [0.1, 0.15) is 11.3 Å². The highest BCUT2D eigenvalue weighted by molar-refractivity contribution is 5.51. The third-order valence-electron chi connectivity index (χ3n) is 2.61. The van der Waals surface area contributed by atoms with Gasteiger partial charge in [-0.3, -0.25) is 0 Å². The number of hydrogen-bond acceptors (Lipinski definition) is 4. The number of para-hydroxylation sites is 1. The molecule has 0 bridgehead atoms. The second kappa shape index (κ2) is 5.51. The first kappa shape index (κ1) is 12.4. The van der Waals surface area contributed by atoms with Gasteiger partial charge in [0, 0.05) is 24.4 Å². The Kier molecular flexibility index (Phi) is 3.79. The lowest BCUT2D eigenvalue weighted by Crippen LogP contribution is -2.26. The maximum atomic E-state index is 5.77. The third-order valence-corrected chi connectivity index (χ3v) is 2.61. The summed E-state index contributed by atoms with van der Waals surface area (Å²) >= 11 is 0. The Morgan fingerprint density at radius 2 is 1.94 bits per heavy atom. The summed E-state index contributed by atoms with van der Waals surface area (Å²) in [4.78, 5) is 4.30. The molecule has 0 fully saturated rings. The molecule has 1 aromatic heterocycles. The molecular formula is C14H17N3O. The van der Waals surface area contributed by atoms with Gasteiger partial charge in [0.15, 0.2) is 0 Å². The van der Waals surface area contributed by atoms with Gasteiger partial charge in [-0.1, -0.05) is 24.3 Å². The van der Waals surface area contributed by atoms with Gasteiger partial charge < -0.3 is 9.75 Å². The Labute approximate surface area is 107 Å².